The number of hydrogen-bond acceptors (Lipinski definition) is 7. The van der Waals surface area contributed by atoms with Crippen LogP contribution in [0.4, 0.5) is 11.5 Å². The van der Waals surface area contributed by atoms with Gasteiger partial charge >= 0.3 is 0 Å². The third kappa shape index (κ3) is 4.63. The number of anilines is 2. The summed E-state index contributed by atoms with van der Waals surface area (Å²) in [4.78, 5) is 4.91. The van der Waals surface area contributed by atoms with E-state index in [2.05, 4.69) is 56.5 Å². The van der Waals surface area contributed by atoms with E-state index in [0.29, 0.717) is 17.3 Å². The molecule has 0 amide bonds. The van der Waals surface area contributed by atoms with E-state index in [0.717, 1.165) is 75.4 Å². The Balaban J connectivity index is 1.19. The maximum atomic E-state index is 9.25. The first-order valence-corrected chi connectivity index (χ1v) is 12.3. The lowest BCUT2D eigenvalue weighted by molar-refractivity contribution is 0.154. The number of nitrogens with zero attached hydrogens (tertiary/aromatic N) is 5. The molecule has 3 saturated heterocycles. The first kappa shape index (κ1) is 22.0. The van der Waals surface area contributed by atoms with Crippen LogP contribution in [-0.2, 0) is 0 Å². The van der Waals surface area contributed by atoms with Crippen LogP contribution in [0.5, 0.6) is 5.88 Å². The molecule has 33 heavy (non-hydrogen) atoms. The summed E-state index contributed by atoms with van der Waals surface area (Å²) in [6.45, 7) is 9.48. The maximum absolute atomic E-state index is 9.25. The minimum atomic E-state index is 0.244. The minimum absolute atomic E-state index is 0.244. The standard InChI is InChI=1S/C26H34N6O/c1-19-15-22(4-3-21(19)17-27)32-18-26(16-20(32)2)9-13-31(14-10-26)24-5-6-25(30-29-24)33-23-7-11-28-12-8-23/h3-6,15,20,23,28H,7-14,16,18H2,1-2H3/t20-/m0/s1. The van der Waals surface area contributed by atoms with Crippen molar-refractivity contribution in [1.82, 2.24) is 15.5 Å². The fourth-order valence-electron chi connectivity index (χ4n) is 5.82. The van der Waals surface area contributed by atoms with Gasteiger partial charge in [0.05, 0.1) is 11.6 Å². The molecule has 0 unspecified atom stereocenters. The molecule has 1 N–H and O–H groups in total. The smallest absolute Gasteiger partial charge is 0.233 e. The van der Waals surface area contributed by atoms with Crippen molar-refractivity contribution < 1.29 is 4.74 Å². The van der Waals surface area contributed by atoms with Crippen molar-refractivity contribution in [3.05, 3.63) is 41.5 Å². The summed E-state index contributed by atoms with van der Waals surface area (Å²) in [5.41, 5.74) is 3.42. The summed E-state index contributed by atoms with van der Waals surface area (Å²) >= 11 is 0. The van der Waals surface area contributed by atoms with Crippen LogP contribution < -0.4 is 19.9 Å². The summed E-state index contributed by atoms with van der Waals surface area (Å²) in [6.07, 6.45) is 5.84. The highest BCUT2D eigenvalue weighted by Gasteiger charge is 2.44. The van der Waals surface area contributed by atoms with Crippen molar-refractivity contribution in [2.75, 3.05) is 42.5 Å². The predicted molar refractivity (Wildman–Crippen MR) is 130 cm³/mol. The minimum Gasteiger partial charge on any atom is -0.473 e. The van der Waals surface area contributed by atoms with Gasteiger partial charge in [0.1, 0.15) is 6.10 Å². The molecule has 0 saturated carbocycles. The maximum Gasteiger partial charge on any atom is 0.233 e. The van der Waals surface area contributed by atoms with E-state index in [-0.39, 0.29) is 6.10 Å². The molecule has 1 aromatic heterocycles. The van der Waals surface area contributed by atoms with Crippen molar-refractivity contribution in [3.63, 3.8) is 0 Å². The van der Waals surface area contributed by atoms with Gasteiger partial charge in [0.25, 0.3) is 0 Å². The van der Waals surface area contributed by atoms with Crippen LogP contribution in [0.15, 0.2) is 30.3 Å². The molecule has 1 atom stereocenters. The fourth-order valence-corrected chi connectivity index (χ4v) is 5.82. The summed E-state index contributed by atoms with van der Waals surface area (Å²) < 4.78 is 6.01. The van der Waals surface area contributed by atoms with Gasteiger partial charge in [-0.2, -0.15) is 5.26 Å². The number of ether oxygens (including phenoxy) is 1. The van der Waals surface area contributed by atoms with E-state index in [1.165, 1.54) is 12.1 Å². The largest absolute Gasteiger partial charge is 0.473 e. The Morgan fingerprint density at radius 3 is 2.58 bits per heavy atom. The molecule has 0 aliphatic carbocycles. The van der Waals surface area contributed by atoms with Crippen LogP contribution in [0.3, 0.4) is 0 Å². The molecule has 0 bridgehead atoms. The van der Waals surface area contributed by atoms with Gasteiger partial charge in [-0.05, 0) is 94.3 Å². The van der Waals surface area contributed by atoms with Gasteiger partial charge in [0, 0.05) is 37.4 Å². The van der Waals surface area contributed by atoms with E-state index >= 15 is 0 Å². The molecular formula is C26H34N6O. The lowest BCUT2D eigenvalue weighted by atomic mass is 9.77. The normalized spacial score (nSPS) is 23.0. The lowest BCUT2D eigenvalue weighted by Crippen LogP contribution is -2.42. The number of piperidine rings is 2. The molecule has 3 fully saturated rings. The number of aryl methyl sites for hydroxylation is 1. The Labute approximate surface area is 196 Å². The molecule has 1 spiro atoms. The second kappa shape index (κ2) is 9.18. The molecule has 1 aromatic carbocycles. The average Bonchev–Trinajstić information content (AvgIpc) is 3.16. The summed E-state index contributed by atoms with van der Waals surface area (Å²) in [5, 5.41) is 21.4. The molecule has 3 aliphatic heterocycles. The lowest BCUT2D eigenvalue weighted by Gasteiger charge is -2.39. The third-order valence-corrected chi connectivity index (χ3v) is 7.78. The quantitative estimate of drug-likeness (QED) is 0.768. The number of nitriles is 1. The average molecular weight is 447 g/mol. The number of benzene rings is 1. The van der Waals surface area contributed by atoms with E-state index in [1.807, 2.05) is 19.1 Å². The first-order chi connectivity index (χ1) is 16.0. The Hall–Kier alpha value is -2.85. The monoisotopic (exact) mass is 446 g/mol. The van der Waals surface area contributed by atoms with Crippen molar-refractivity contribution in [2.45, 2.75) is 58.1 Å². The van der Waals surface area contributed by atoms with Crippen LogP contribution in [0.25, 0.3) is 0 Å². The van der Waals surface area contributed by atoms with Crippen LogP contribution in [0, 0.1) is 23.7 Å². The second-order valence-corrected chi connectivity index (χ2v) is 10.1. The number of hydrogen-bond donors (Lipinski definition) is 1. The molecule has 5 rings (SSSR count). The van der Waals surface area contributed by atoms with Crippen molar-refractivity contribution in [3.8, 4) is 11.9 Å². The molecule has 7 nitrogen and oxygen atoms in total. The second-order valence-electron chi connectivity index (χ2n) is 10.1. The van der Waals surface area contributed by atoms with E-state index in [4.69, 9.17) is 4.74 Å². The third-order valence-electron chi connectivity index (χ3n) is 7.78. The molecule has 4 heterocycles. The summed E-state index contributed by atoms with van der Waals surface area (Å²) in [5.74, 6) is 1.59. The molecule has 2 aromatic rings. The number of nitrogens with one attached hydrogen (secondary N) is 1. The van der Waals surface area contributed by atoms with Crippen molar-refractivity contribution in [1.29, 1.82) is 5.26 Å². The van der Waals surface area contributed by atoms with Crippen LogP contribution in [0.1, 0.15) is 50.2 Å². The Morgan fingerprint density at radius 2 is 1.91 bits per heavy atom. The van der Waals surface area contributed by atoms with Gasteiger partial charge in [0.2, 0.25) is 5.88 Å². The van der Waals surface area contributed by atoms with Gasteiger partial charge in [-0.3, -0.25) is 0 Å². The van der Waals surface area contributed by atoms with E-state index in [1.54, 1.807) is 0 Å². The van der Waals surface area contributed by atoms with Crippen LogP contribution in [-0.4, -0.2) is 55.1 Å². The number of aromatic nitrogens is 2. The molecule has 7 heteroatoms. The number of rotatable bonds is 4. The Bertz CT molecular complexity index is 1000. The Morgan fingerprint density at radius 1 is 1.12 bits per heavy atom. The zero-order valence-corrected chi connectivity index (χ0v) is 19.8. The SMILES string of the molecule is Cc1cc(N2CC3(CCN(c4ccc(OC5CCNCC5)nn4)CC3)C[C@@H]2C)ccc1C#N. The van der Waals surface area contributed by atoms with Crippen molar-refractivity contribution in [2.24, 2.45) is 5.41 Å². The van der Waals surface area contributed by atoms with E-state index in [9.17, 15) is 5.26 Å². The van der Waals surface area contributed by atoms with Crippen molar-refractivity contribution >= 4 is 11.5 Å². The first-order valence-electron chi connectivity index (χ1n) is 12.3. The van der Waals surface area contributed by atoms with Crippen LogP contribution in [0.2, 0.25) is 0 Å². The zero-order chi connectivity index (χ0) is 22.8. The van der Waals surface area contributed by atoms with E-state index < -0.39 is 0 Å². The summed E-state index contributed by atoms with van der Waals surface area (Å²) in [6, 6.07) is 13.1. The Kier molecular flexibility index (Phi) is 6.11. The summed E-state index contributed by atoms with van der Waals surface area (Å²) in [7, 11) is 0. The topological polar surface area (TPSA) is 77.3 Å². The molecule has 0 radical (unpaired) electrons. The van der Waals surface area contributed by atoms with Gasteiger partial charge in [-0.15, -0.1) is 10.2 Å². The zero-order valence-electron chi connectivity index (χ0n) is 19.8. The highest BCUT2D eigenvalue weighted by molar-refractivity contribution is 5.55. The van der Waals surface area contributed by atoms with Gasteiger partial charge in [-0.1, -0.05) is 0 Å². The molecular weight excluding hydrogens is 412 g/mol. The van der Waals surface area contributed by atoms with Gasteiger partial charge in [-0.25, -0.2) is 0 Å². The highest BCUT2D eigenvalue weighted by atomic mass is 16.5. The van der Waals surface area contributed by atoms with Gasteiger partial charge < -0.3 is 19.9 Å². The fraction of sp³-hybridized carbons (Fsp3) is 0.577. The molecule has 3 aliphatic rings. The molecule has 174 valence electrons. The van der Waals surface area contributed by atoms with Crippen LogP contribution >= 0.6 is 0 Å². The predicted octanol–water partition coefficient (Wildman–Crippen LogP) is 3.67. The van der Waals surface area contributed by atoms with Gasteiger partial charge in [0.15, 0.2) is 5.82 Å². The highest BCUT2D eigenvalue weighted by Crippen LogP contribution is 2.45.